The number of nitrogens with one attached hydrogen (secondary N) is 2. The Morgan fingerprint density at radius 3 is 2.48 bits per heavy atom. The standard InChI is InChI=1S/C16H32N4O2.HI/c1-17-15(18-8-11-21-2)19-14-16(6-4-3-5-7-16)20-9-12-22-13-10-20;/h3-14H2,1-2H3,(H2,17,18,19);1H. The number of morpholine rings is 1. The van der Waals surface area contributed by atoms with Crippen LogP contribution in [-0.4, -0.2) is 76.6 Å². The fourth-order valence-corrected chi connectivity index (χ4v) is 3.59. The van der Waals surface area contributed by atoms with Gasteiger partial charge in [0.05, 0.1) is 19.8 Å². The quantitative estimate of drug-likeness (QED) is 0.284. The number of hydrogen-bond donors (Lipinski definition) is 2. The van der Waals surface area contributed by atoms with Crippen molar-refractivity contribution in [2.75, 3.05) is 60.2 Å². The van der Waals surface area contributed by atoms with Gasteiger partial charge in [-0.1, -0.05) is 19.3 Å². The summed E-state index contributed by atoms with van der Waals surface area (Å²) in [4.78, 5) is 6.96. The Labute approximate surface area is 157 Å². The molecule has 0 aromatic heterocycles. The zero-order valence-corrected chi connectivity index (χ0v) is 16.9. The van der Waals surface area contributed by atoms with E-state index < -0.39 is 0 Å². The van der Waals surface area contributed by atoms with Gasteiger partial charge in [0, 0.05) is 45.9 Å². The van der Waals surface area contributed by atoms with Gasteiger partial charge in [-0.3, -0.25) is 9.89 Å². The highest BCUT2D eigenvalue weighted by molar-refractivity contribution is 14.0. The maximum atomic E-state index is 5.54. The molecule has 0 unspecified atom stereocenters. The maximum absolute atomic E-state index is 5.54. The van der Waals surface area contributed by atoms with Crippen LogP contribution in [0.15, 0.2) is 4.99 Å². The summed E-state index contributed by atoms with van der Waals surface area (Å²) in [5, 5.41) is 6.84. The predicted molar refractivity (Wildman–Crippen MR) is 105 cm³/mol. The van der Waals surface area contributed by atoms with Crippen LogP contribution in [0.3, 0.4) is 0 Å². The Bertz CT molecular complexity index is 343. The zero-order valence-electron chi connectivity index (χ0n) is 14.6. The second-order valence-corrected chi connectivity index (χ2v) is 6.23. The average molecular weight is 440 g/mol. The van der Waals surface area contributed by atoms with Crippen molar-refractivity contribution >= 4 is 29.9 Å². The smallest absolute Gasteiger partial charge is 0.191 e. The number of ether oxygens (including phenoxy) is 2. The van der Waals surface area contributed by atoms with Gasteiger partial charge < -0.3 is 20.1 Å². The molecule has 7 heteroatoms. The SMILES string of the molecule is CN=C(NCCOC)NCC1(N2CCOCC2)CCCCC1.I. The summed E-state index contributed by atoms with van der Waals surface area (Å²) in [5.41, 5.74) is 0.265. The van der Waals surface area contributed by atoms with Crippen LogP contribution in [-0.2, 0) is 9.47 Å². The third-order valence-electron chi connectivity index (χ3n) is 4.87. The van der Waals surface area contributed by atoms with Crippen LogP contribution in [0.4, 0.5) is 0 Å². The first-order valence-corrected chi connectivity index (χ1v) is 8.57. The van der Waals surface area contributed by atoms with E-state index in [4.69, 9.17) is 9.47 Å². The van der Waals surface area contributed by atoms with E-state index >= 15 is 0 Å². The molecule has 2 N–H and O–H groups in total. The van der Waals surface area contributed by atoms with Crippen LogP contribution < -0.4 is 10.6 Å². The van der Waals surface area contributed by atoms with Gasteiger partial charge in [-0.2, -0.15) is 0 Å². The van der Waals surface area contributed by atoms with E-state index in [1.54, 1.807) is 7.11 Å². The Morgan fingerprint density at radius 1 is 1.17 bits per heavy atom. The van der Waals surface area contributed by atoms with Gasteiger partial charge in [-0.25, -0.2) is 0 Å². The van der Waals surface area contributed by atoms with Crippen molar-refractivity contribution in [3.05, 3.63) is 0 Å². The molecule has 6 nitrogen and oxygen atoms in total. The highest BCUT2D eigenvalue weighted by Crippen LogP contribution is 2.33. The molecular weight excluding hydrogens is 407 g/mol. The Morgan fingerprint density at radius 2 is 1.87 bits per heavy atom. The van der Waals surface area contributed by atoms with Gasteiger partial charge in [0.2, 0.25) is 0 Å². The minimum atomic E-state index is 0. The molecule has 0 radical (unpaired) electrons. The molecule has 136 valence electrons. The number of rotatable bonds is 6. The van der Waals surface area contributed by atoms with Gasteiger partial charge in [-0.05, 0) is 12.8 Å². The largest absolute Gasteiger partial charge is 0.383 e. The second kappa shape index (κ2) is 11.4. The normalized spacial score (nSPS) is 22.3. The van der Waals surface area contributed by atoms with Crippen molar-refractivity contribution in [3.63, 3.8) is 0 Å². The lowest BCUT2D eigenvalue weighted by Crippen LogP contribution is -2.60. The number of guanidine groups is 1. The fraction of sp³-hybridized carbons (Fsp3) is 0.938. The van der Waals surface area contributed by atoms with Crippen LogP contribution in [0.1, 0.15) is 32.1 Å². The van der Waals surface area contributed by atoms with Gasteiger partial charge in [-0.15, -0.1) is 24.0 Å². The van der Waals surface area contributed by atoms with Crippen LogP contribution >= 0.6 is 24.0 Å². The van der Waals surface area contributed by atoms with E-state index in [0.717, 1.165) is 45.4 Å². The summed E-state index contributed by atoms with van der Waals surface area (Å²) in [6.07, 6.45) is 6.57. The summed E-state index contributed by atoms with van der Waals surface area (Å²) in [5.74, 6) is 0.871. The van der Waals surface area contributed by atoms with E-state index in [-0.39, 0.29) is 29.5 Å². The summed E-state index contributed by atoms with van der Waals surface area (Å²) < 4.78 is 10.6. The van der Waals surface area contributed by atoms with Crippen LogP contribution in [0.25, 0.3) is 0 Å². The van der Waals surface area contributed by atoms with Crippen molar-refractivity contribution in [2.45, 2.75) is 37.6 Å². The Hall–Kier alpha value is -0.120. The van der Waals surface area contributed by atoms with Crippen molar-refractivity contribution in [3.8, 4) is 0 Å². The van der Waals surface area contributed by atoms with E-state index in [1.807, 2.05) is 7.05 Å². The molecule has 0 aromatic carbocycles. The van der Waals surface area contributed by atoms with Gasteiger partial charge in [0.15, 0.2) is 5.96 Å². The second-order valence-electron chi connectivity index (χ2n) is 6.23. The minimum absolute atomic E-state index is 0. The Kier molecular flexibility index (Phi) is 10.4. The van der Waals surface area contributed by atoms with E-state index in [1.165, 1.54) is 32.1 Å². The molecule has 2 rings (SSSR count). The molecule has 0 atom stereocenters. The van der Waals surface area contributed by atoms with Crippen LogP contribution in [0.5, 0.6) is 0 Å². The maximum Gasteiger partial charge on any atom is 0.191 e. The lowest BCUT2D eigenvalue weighted by atomic mass is 9.80. The lowest BCUT2D eigenvalue weighted by molar-refractivity contribution is -0.0352. The van der Waals surface area contributed by atoms with Gasteiger partial charge >= 0.3 is 0 Å². The van der Waals surface area contributed by atoms with Crippen LogP contribution in [0, 0.1) is 0 Å². The number of nitrogens with zero attached hydrogens (tertiary/aromatic N) is 2. The highest BCUT2D eigenvalue weighted by atomic mass is 127. The lowest BCUT2D eigenvalue weighted by Gasteiger charge is -2.48. The number of hydrogen-bond acceptors (Lipinski definition) is 4. The molecular formula is C16H33IN4O2. The number of aliphatic imine (C=N–C) groups is 1. The molecule has 1 heterocycles. The van der Waals surface area contributed by atoms with Crippen molar-refractivity contribution < 1.29 is 9.47 Å². The molecule has 0 spiro atoms. The molecule has 0 aromatic rings. The number of methoxy groups -OCH3 is 1. The Balaban J connectivity index is 0.00000264. The summed E-state index contributed by atoms with van der Waals surface area (Å²) in [6.45, 7) is 6.26. The molecule has 1 aliphatic carbocycles. The zero-order chi connectivity index (χ0) is 15.7. The monoisotopic (exact) mass is 440 g/mol. The van der Waals surface area contributed by atoms with Gasteiger partial charge in [0.1, 0.15) is 0 Å². The van der Waals surface area contributed by atoms with Crippen molar-refractivity contribution in [1.82, 2.24) is 15.5 Å². The third kappa shape index (κ3) is 6.36. The van der Waals surface area contributed by atoms with Crippen molar-refractivity contribution in [2.24, 2.45) is 4.99 Å². The van der Waals surface area contributed by atoms with E-state index in [2.05, 4.69) is 20.5 Å². The fourth-order valence-electron chi connectivity index (χ4n) is 3.59. The van der Waals surface area contributed by atoms with Gasteiger partial charge in [0.25, 0.3) is 0 Å². The molecule has 2 aliphatic rings. The molecule has 1 saturated heterocycles. The molecule has 0 amide bonds. The third-order valence-corrected chi connectivity index (χ3v) is 4.87. The van der Waals surface area contributed by atoms with E-state index in [9.17, 15) is 0 Å². The van der Waals surface area contributed by atoms with E-state index in [0.29, 0.717) is 6.61 Å². The van der Waals surface area contributed by atoms with Crippen molar-refractivity contribution in [1.29, 1.82) is 0 Å². The highest BCUT2D eigenvalue weighted by Gasteiger charge is 2.38. The molecule has 0 bridgehead atoms. The first-order chi connectivity index (χ1) is 10.8. The molecule has 2 fully saturated rings. The first-order valence-electron chi connectivity index (χ1n) is 8.57. The first kappa shape index (κ1) is 20.9. The van der Waals surface area contributed by atoms with Crippen LogP contribution in [0.2, 0.25) is 0 Å². The minimum Gasteiger partial charge on any atom is -0.383 e. The summed E-state index contributed by atoms with van der Waals surface area (Å²) in [6, 6.07) is 0. The molecule has 23 heavy (non-hydrogen) atoms. The molecule has 1 aliphatic heterocycles. The molecule has 1 saturated carbocycles. The predicted octanol–water partition coefficient (Wildman–Crippen LogP) is 1.45. The number of halogens is 1. The summed E-state index contributed by atoms with van der Waals surface area (Å²) >= 11 is 0. The summed E-state index contributed by atoms with van der Waals surface area (Å²) in [7, 11) is 3.54. The average Bonchev–Trinajstić information content (AvgIpc) is 2.59. The topological polar surface area (TPSA) is 58.1 Å².